The van der Waals surface area contributed by atoms with Gasteiger partial charge in [0.05, 0.1) is 9.82 Å². The maximum atomic E-state index is 12.7. The molecule has 0 fully saturated rings. The largest absolute Gasteiger partial charge is 0.507 e. The van der Waals surface area contributed by atoms with Crippen molar-refractivity contribution in [1.29, 1.82) is 0 Å². The zero-order valence-corrected chi connectivity index (χ0v) is 17.2. The number of non-ortho nitro benzene ring substituents is 1. The second-order valence-corrected chi connectivity index (χ2v) is 8.30. The molecule has 8 nitrogen and oxygen atoms in total. The summed E-state index contributed by atoms with van der Waals surface area (Å²) in [5.74, 6) is -0.278. The minimum absolute atomic E-state index is 0.0488. The Morgan fingerprint density at radius 1 is 1.06 bits per heavy atom. The van der Waals surface area contributed by atoms with Gasteiger partial charge in [-0.05, 0) is 55.0 Å². The predicted molar refractivity (Wildman–Crippen MR) is 117 cm³/mol. The number of nitrogens with one attached hydrogen (secondary N) is 1. The molecule has 0 saturated carbocycles. The van der Waals surface area contributed by atoms with E-state index in [1.54, 1.807) is 18.2 Å². The third-order valence-corrected chi connectivity index (χ3v) is 5.97. The number of carbonyl (C=O) groups is 1. The van der Waals surface area contributed by atoms with Crippen molar-refractivity contribution in [2.24, 2.45) is 0 Å². The summed E-state index contributed by atoms with van der Waals surface area (Å²) in [6.45, 7) is 1.54. The molecule has 0 radical (unpaired) electrons. The molecular weight excluding hydrogens is 420 g/mol. The van der Waals surface area contributed by atoms with Crippen LogP contribution in [0.1, 0.15) is 21.5 Å². The van der Waals surface area contributed by atoms with Crippen molar-refractivity contribution in [3.05, 3.63) is 99.6 Å². The fourth-order valence-corrected chi connectivity index (χ4v) is 4.12. The molecule has 0 saturated heterocycles. The molecule has 0 aliphatic rings. The highest BCUT2D eigenvalue weighted by Crippen LogP contribution is 2.24. The Hall–Kier alpha value is -3.98. The highest BCUT2D eigenvalue weighted by atomic mass is 32.2. The van der Waals surface area contributed by atoms with Crippen molar-refractivity contribution in [1.82, 2.24) is 0 Å². The second-order valence-electron chi connectivity index (χ2n) is 6.65. The Kier molecular flexibility index (Phi) is 6.17. The van der Waals surface area contributed by atoms with Crippen LogP contribution in [0.5, 0.6) is 5.75 Å². The molecule has 9 heteroatoms. The number of benzene rings is 3. The number of aromatic hydroxyl groups is 1. The SMILES string of the molecule is Cc1ccc([N+](=O)[O-])cc1S(=O)(=O)Nc1ccc(C(=O)/C=C/c2ccccc2O)cc1. The first-order valence-electron chi connectivity index (χ1n) is 9.06. The average Bonchev–Trinajstić information content (AvgIpc) is 2.73. The van der Waals surface area contributed by atoms with Gasteiger partial charge < -0.3 is 5.11 Å². The Morgan fingerprint density at radius 2 is 1.74 bits per heavy atom. The van der Waals surface area contributed by atoms with Crippen LogP contribution in [-0.4, -0.2) is 24.2 Å². The van der Waals surface area contributed by atoms with Crippen molar-refractivity contribution < 1.29 is 23.2 Å². The number of phenolic OH excluding ortho intramolecular Hbond substituents is 1. The number of nitrogens with zero attached hydrogens (tertiary/aromatic N) is 1. The number of carbonyl (C=O) groups excluding carboxylic acids is 1. The van der Waals surface area contributed by atoms with Crippen molar-refractivity contribution in [2.45, 2.75) is 11.8 Å². The van der Waals surface area contributed by atoms with Crippen LogP contribution in [0.15, 0.2) is 77.7 Å². The monoisotopic (exact) mass is 438 g/mol. The summed E-state index contributed by atoms with van der Waals surface area (Å²) >= 11 is 0. The minimum Gasteiger partial charge on any atom is -0.507 e. The lowest BCUT2D eigenvalue weighted by Crippen LogP contribution is -2.14. The summed E-state index contributed by atoms with van der Waals surface area (Å²) < 4.78 is 27.7. The number of hydrogen-bond acceptors (Lipinski definition) is 6. The van der Waals surface area contributed by atoms with Crippen LogP contribution in [0.25, 0.3) is 6.08 Å². The first kappa shape index (κ1) is 21.7. The number of allylic oxidation sites excluding steroid dienone is 1. The van der Waals surface area contributed by atoms with E-state index in [0.29, 0.717) is 16.7 Å². The van der Waals surface area contributed by atoms with Gasteiger partial charge in [0.25, 0.3) is 15.7 Å². The van der Waals surface area contributed by atoms with Crippen molar-refractivity contribution in [3.8, 4) is 5.75 Å². The number of nitro groups is 1. The molecule has 0 aliphatic heterocycles. The lowest BCUT2D eigenvalue weighted by Gasteiger charge is -2.10. The highest BCUT2D eigenvalue weighted by Gasteiger charge is 2.20. The predicted octanol–water partition coefficient (Wildman–Crippen LogP) is 4.31. The van der Waals surface area contributed by atoms with Crippen LogP contribution < -0.4 is 4.72 Å². The van der Waals surface area contributed by atoms with Gasteiger partial charge in [-0.1, -0.05) is 24.3 Å². The van der Waals surface area contributed by atoms with Gasteiger partial charge in [-0.15, -0.1) is 0 Å². The van der Waals surface area contributed by atoms with Gasteiger partial charge in [-0.3, -0.25) is 19.6 Å². The van der Waals surface area contributed by atoms with E-state index in [4.69, 9.17) is 0 Å². The van der Waals surface area contributed by atoms with Crippen molar-refractivity contribution in [2.75, 3.05) is 4.72 Å². The maximum Gasteiger partial charge on any atom is 0.270 e. The minimum atomic E-state index is -4.07. The molecule has 0 aliphatic carbocycles. The Balaban J connectivity index is 1.77. The average molecular weight is 438 g/mol. The van der Waals surface area contributed by atoms with Crippen LogP contribution in [0.3, 0.4) is 0 Å². The molecule has 0 bridgehead atoms. The number of ketones is 1. The summed E-state index contributed by atoms with van der Waals surface area (Å²) in [6, 6.07) is 15.9. The molecule has 2 N–H and O–H groups in total. The number of para-hydroxylation sites is 1. The molecule has 3 rings (SSSR count). The van der Waals surface area contributed by atoms with Gasteiger partial charge in [0.15, 0.2) is 5.78 Å². The molecule has 158 valence electrons. The van der Waals surface area contributed by atoms with E-state index in [9.17, 15) is 28.4 Å². The summed E-state index contributed by atoms with van der Waals surface area (Å²) in [6.07, 6.45) is 2.79. The molecule has 0 aromatic heterocycles. The summed E-state index contributed by atoms with van der Waals surface area (Å²) in [5, 5.41) is 20.7. The molecule has 0 amide bonds. The van der Waals surface area contributed by atoms with E-state index in [0.717, 1.165) is 6.07 Å². The summed E-state index contributed by atoms with van der Waals surface area (Å²) in [4.78, 5) is 22.4. The number of rotatable bonds is 7. The first-order valence-corrected chi connectivity index (χ1v) is 10.5. The second kappa shape index (κ2) is 8.80. The quantitative estimate of drug-likeness (QED) is 0.245. The van der Waals surface area contributed by atoms with Gasteiger partial charge >= 0.3 is 0 Å². The lowest BCUT2D eigenvalue weighted by atomic mass is 10.1. The van der Waals surface area contributed by atoms with E-state index < -0.39 is 14.9 Å². The number of sulfonamides is 1. The maximum absolute atomic E-state index is 12.7. The third kappa shape index (κ3) is 5.14. The molecule has 3 aromatic carbocycles. The molecule has 0 atom stereocenters. The Morgan fingerprint density at radius 3 is 2.39 bits per heavy atom. The molecular formula is C22H18N2O6S. The Bertz CT molecular complexity index is 1280. The molecule has 31 heavy (non-hydrogen) atoms. The van der Waals surface area contributed by atoms with E-state index in [2.05, 4.69) is 4.72 Å². The van der Waals surface area contributed by atoms with Crippen molar-refractivity contribution in [3.63, 3.8) is 0 Å². The third-order valence-electron chi connectivity index (χ3n) is 4.44. The number of aryl methyl sites for hydroxylation is 1. The number of phenols is 1. The number of anilines is 1. The van der Waals surface area contributed by atoms with Gasteiger partial charge in [-0.25, -0.2) is 8.42 Å². The molecule has 0 unspecified atom stereocenters. The van der Waals surface area contributed by atoms with Gasteiger partial charge in [0.2, 0.25) is 0 Å². The van der Waals surface area contributed by atoms with Crippen LogP contribution in [0, 0.1) is 17.0 Å². The summed E-state index contributed by atoms with van der Waals surface area (Å²) in [7, 11) is -4.07. The van der Waals surface area contributed by atoms with Crippen molar-refractivity contribution >= 4 is 33.3 Å². The van der Waals surface area contributed by atoms with Crippen LogP contribution in [0.4, 0.5) is 11.4 Å². The van der Waals surface area contributed by atoms with Crippen LogP contribution >= 0.6 is 0 Å². The summed E-state index contributed by atoms with van der Waals surface area (Å²) in [5.41, 5.74) is 1.04. The lowest BCUT2D eigenvalue weighted by molar-refractivity contribution is -0.385. The van der Waals surface area contributed by atoms with E-state index in [1.807, 2.05) is 0 Å². The van der Waals surface area contributed by atoms with Crippen LogP contribution in [-0.2, 0) is 10.0 Å². The fourth-order valence-electron chi connectivity index (χ4n) is 2.79. The molecule has 0 heterocycles. The van der Waals surface area contributed by atoms with E-state index in [1.165, 1.54) is 61.5 Å². The standard InChI is InChI=1S/C22H18N2O6S/c1-15-6-12-19(24(27)28)14-22(15)31(29,30)23-18-10-7-17(8-11-18)21(26)13-9-16-4-2-3-5-20(16)25/h2-14,23,25H,1H3/b13-9+. The highest BCUT2D eigenvalue weighted by molar-refractivity contribution is 7.92. The van der Waals surface area contributed by atoms with Crippen LogP contribution in [0.2, 0.25) is 0 Å². The zero-order chi connectivity index (χ0) is 22.6. The zero-order valence-electron chi connectivity index (χ0n) is 16.3. The first-order chi connectivity index (χ1) is 14.7. The molecule has 3 aromatic rings. The van der Waals surface area contributed by atoms with Gasteiger partial charge in [-0.2, -0.15) is 0 Å². The molecule has 0 spiro atoms. The smallest absolute Gasteiger partial charge is 0.270 e. The van der Waals surface area contributed by atoms with Gasteiger partial charge in [0, 0.05) is 28.9 Å². The number of hydrogen-bond donors (Lipinski definition) is 2. The number of nitro benzene ring substituents is 1. The van der Waals surface area contributed by atoms with E-state index in [-0.39, 0.29) is 27.8 Å². The van der Waals surface area contributed by atoms with Gasteiger partial charge in [0.1, 0.15) is 5.75 Å². The Labute approximate surface area is 178 Å². The topological polar surface area (TPSA) is 127 Å². The fraction of sp³-hybridized carbons (Fsp3) is 0.0455. The van der Waals surface area contributed by atoms with E-state index >= 15 is 0 Å². The normalized spacial score (nSPS) is 11.4.